The molecule has 25 heavy (non-hydrogen) atoms. The molecule has 0 aliphatic carbocycles. The molecule has 0 radical (unpaired) electrons. The van der Waals surface area contributed by atoms with Crippen LogP contribution in [-0.4, -0.2) is 62.6 Å². The molecular weight excluding hydrogens is 427 g/mol. The summed E-state index contributed by atoms with van der Waals surface area (Å²) in [5.74, 6) is 1.93. The van der Waals surface area contributed by atoms with E-state index in [1.807, 2.05) is 13.1 Å². The van der Waals surface area contributed by atoms with E-state index < -0.39 is 0 Å². The first kappa shape index (κ1) is 22.0. The SMILES string of the molecule is CCN(CC)C(CNC(=NC)N1CCCC1)c1cccc(OC)c1.I. The van der Waals surface area contributed by atoms with Crippen LogP contribution in [0, 0.1) is 0 Å². The normalized spacial score (nSPS) is 15.9. The van der Waals surface area contributed by atoms with Gasteiger partial charge in [0, 0.05) is 26.7 Å². The van der Waals surface area contributed by atoms with Crippen LogP contribution in [0.2, 0.25) is 0 Å². The van der Waals surface area contributed by atoms with Crippen LogP contribution >= 0.6 is 24.0 Å². The molecule has 6 heteroatoms. The number of ether oxygens (including phenoxy) is 1. The smallest absolute Gasteiger partial charge is 0.193 e. The summed E-state index contributed by atoms with van der Waals surface area (Å²) in [6.45, 7) is 9.52. The van der Waals surface area contributed by atoms with Gasteiger partial charge in [0.2, 0.25) is 0 Å². The number of likely N-dealkylation sites (N-methyl/N-ethyl adjacent to an activating group) is 1. The van der Waals surface area contributed by atoms with Gasteiger partial charge in [-0.3, -0.25) is 9.89 Å². The molecule has 1 atom stereocenters. The standard InChI is InChI=1S/C19H32N4O.HI/c1-5-22(6-2)18(16-10-9-11-17(14-16)24-4)15-21-19(20-3)23-12-7-8-13-23;/h9-11,14,18H,5-8,12-13,15H2,1-4H3,(H,20,21);1H. The Bertz CT molecular complexity index is 528. The topological polar surface area (TPSA) is 40.1 Å². The molecule has 1 aromatic carbocycles. The Kier molecular flexibility index (Phi) is 10.2. The van der Waals surface area contributed by atoms with Gasteiger partial charge in [0.05, 0.1) is 13.2 Å². The Balaban J connectivity index is 0.00000312. The summed E-state index contributed by atoms with van der Waals surface area (Å²) in [7, 11) is 3.59. The molecule has 0 spiro atoms. The number of methoxy groups -OCH3 is 1. The third-order valence-electron chi connectivity index (χ3n) is 4.80. The fourth-order valence-electron chi connectivity index (χ4n) is 3.42. The van der Waals surface area contributed by atoms with Crippen molar-refractivity contribution in [3.05, 3.63) is 29.8 Å². The van der Waals surface area contributed by atoms with Crippen molar-refractivity contribution in [3.8, 4) is 5.75 Å². The fourth-order valence-corrected chi connectivity index (χ4v) is 3.42. The largest absolute Gasteiger partial charge is 0.497 e. The molecule has 0 amide bonds. The Morgan fingerprint density at radius 1 is 1.28 bits per heavy atom. The van der Waals surface area contributed by atoms with Crippen molar-refractivity contribution in [1.82, 2.24) is 15.1 Å². The van der Waals surface area contributed by atoms with Crippen molar-refractivity contribution < 1.29 is 4.74 Å². The maximum atomic E-state index is 5.41. The second-order valence-electron chi connectivity index (χ2n) is 6.14. The number of halogens is 1. The number of nitrogens with zero attached hydrogens (tertiary/aromatic N) is 3. The zero-order valence-corrected chi connectivity index (χ0v) is 18.3. The second kappa shape index (κ2) is 11.6. The van der Waals surface area contributed by atoms with E-state index in [1.54, 1.807) is 7.11 Å². The predicted octanol–water partition coefficient (Wildman–Crippen LogP) is 3.37. The van der Waals surface area contributed by atoms with Gasteiger partial charge in [-0.15, -0.1) is 24.0 Å². The molecule has 1 heterocycles. The molecule has 1 aliphatic rings. The predicted molar refractivity (Wildman–Crippen MR) is 116 cm³/mol. The Morgan fingerprint density at radius 3 is 2.52 bits per heavy atom. The lowest BCUT2D eigenvalue weighted by atomic mass is 10.0. The van der Waals surface area contributed by atoms with Gasteiger partial charge in [-0.2, -0.15) is 0 Å². The third kappa shape index (κ3) is 6.02. The molecule has 1 aliphatic heterocycles. The number of hydrogen-bond acceptors (Lipinski definition) is 3. The molecule has 1 N–H and O–H groups in total. The molecule has 142 valence electrons. The highest BCUT2D eigenvalue weighted by atomic mass is 127. The van der Waals surface area contributed by atoms with Crippen molar-refractivity contribution in [2.24, 2.45) is 4.99 Å². The first-order valence-electron chi connectivity index (χ1n) is 9.07. The van der Waals surface area contributed by atoms with Gasteiger partial charge in [0.1, 0.15) is 5.75 Å². The van der Waals surface area contributed by atoms with E-state index in [2.05, 4.69) is 52.2 Å². The zero-order chi connectivity index (χ0) is 17.4. The highest BCUT2D eigenvalue weighted by Gasteiger charge is 2.21. The van der Waals surface area contributed by atoms with Crippen LogP contribution in [-0.2, 0) is 0 Å². The second-order valence-corrected chi connectivity index (χ2v) is 6.14. The summed E-state index contributed by atoms with van der Waals surface area (Å²) in [5, 5.41) is 3.59. The van der Waals surface area contributed by atoms with Gasteiger partial charge in [0.25, 0.3) is 0 Å². The summed E-state index contributed by atoms with van der Waals surface area (Å²) in [6.07, 6.45) is 2.52. The van der Waals surface area contributed by atoms with Crippen LogP contribution in [0.3, 0.4) is 0 Å². The van der Waals surface area contributed by atoms with E-state index >= 15 is 0 Å². The van der Waals surface area contributed by atoms with Crippen LogP contribution in [0.25, 0.3) is 0 Å². The van der Waals surface area contributed by atoms with Crippen LogP contribution in [0.5, 0.6) is 5.75 Å². The van der Waals surface area contributed by atoms with Gasteiger partial charge in [-0.25, -0.2) is 0 Å². The van der Waals surface area contributed by atoms with E-state index in [1.165, 1.54) is 18.4 Å². The van der Waals surface area contributed by atoms with Gasteiger partial charge in [0.15, 0.2) is 5.96 Å². The number of guanidine groups is 1. The number of aliphatic imine (C=N–C) groups is 1. The van der Waals surface area contributed by atoms with Crippen molar-refractivity contribution in [1.29, 1.82) is 0 Å². The van der Waals surface area contributed by atoms with Gasteiger partial charge >= 0.3 is 0 Å². The number of hydrogen-bond donors (Lipinski definition) is 1. The number of nitrogens with one attached hydrogen (secondary N) is 1. The van der Waals surface area contributed by atoms with Crippen molar-refractivity contribution in [2.75, 3.05) is 46.9 Å². The van der Waals surface area contributed by atoms with E-state index in [0.29, 0.717) is 6.04 Å². The molecular formula is C19H33IN4O. The van der Waals surface area contributed by atoms with Crippen molar-refractivity contribution in [3.63, 3.8) is 0 Å². The fraction of sp³-hybridized carbons (Fsp3) is 0.632. The highest BCUT2D eigenvalue weighted by molar-refractivity contribution is 14.0. The quantitative estimate of drug-likeness (QED) is 0.385. The number of benzene rings is 1. The number of rotatable bonds is 7. The minimum atomic E-state index is 0. The molecule has 1 unspecified atom stereocenters. The monoisotopic (exact) mass is 460 g/mol. The van der Waals surface area contributed by atoms with Gasteiger partial charge in [-0.05, 0) is 43.6 Å². The Hall–Kier alpha value is -1.02. The van der Waals surface area contributed by atoms with E-state index in [9.17, 15) is 0 Å². The first-order valence-corrected chi connectivity index (χ1v) is 9.07. The Morgan fingerprint density at radius 2 is 1.96 bits per heavy atom. The molecule has 2 rings (SSSR count). The first-order chi connectivity index (χ1) is 11.7. The maximum absolute atomic E-state index is 5.41. The third-order valence-corrected chi connectivity index (χ3v) is 4.80. The average molecular weight is 460 g/mol. The van der Waals surface area contributed by atoms with E-state index in [0.717, 1.165) is 44.4 Å². The zero-order valence-electron chi connectivity index (χ0n) is 16.0. The lowest BCUT2D eigenvalue weighted by Gasteiger charge is -2.32. The van der Waals surface area contributed by atoms with Crippen molar-refractivity contribution >= 4 is 29.9 Å². The highest BCUT2D eigenvalue weighted by Crippen LogP contribution is 2.24. The minimum Gasteiger partial charge on any atom is -0.497 e. The molecule has 5 nitrogen and oxygen atoms in total. The van der Waals surface area contributed by atoms with Crippen LogP contribution < -0.4 is 10.1 Å². The van der Waals surface area contributed by atoms with E-state index in [4.69, 9.17) is 4.74 Å². The average Bonchev–Trinajstić information content (AvgIpc) is 3.16. The molecule has 0 aromatic heterocycles. The van der Waals surface area contributed by atoms with Crippen LogP contribution in [0.1, 0.15) is 38.3 Å². The minimum absolute atomic E-state index is 0. The number of likely N-dealkylation sites (tertiary alicyclic amines) is 1. The molecule has 0 saturated carbocycles. The molecule has 1 fully saturated rings. The van der Waals surface area contributed by atoms with Crippen LogP contribution in [0.4, 0.5) is 0 Å². The lowest BCUT2D eigenvalue weighted by molar-refractivity contribution is 0.217. The maximum Gasteiger partial charge on any atom is 0.193 e. The van der Waals surface area contributed by atoms with Gasteiger partial charge < -0.3 is 15.0 Å². The molecule has 1 aromatic rings. The molecule has 0 bridgehead atoms. The summed E-state index contributed by atoms with van der Waals surface area (Å²) < 4.78 is 5.41. The lowest BCUT2D eigenvalue weighted by Crippen LogP contribution is -2.44. The van der Waals surface area contributed by atoms with E-state index in [-0.39, 0.29) is 24.0 Å². The van der Waals surface area contributed by atoms with Crippen LogP contribution in [0.15, 0.2) is 29.3 Å². The Labute approximate surface area is 169 Å². The summed E-state index contributed by atoms with van der Waals surface area (Å²) >= 11 is 0. The summed E-state index contributed by atoms with van der Waals surface area (Å²) in [4.78, 5) is 9.29. The summed E-state index contributed by atoms with van der Waals surface area (Å²) in [5.41, 5.74) is 1.28. The summed E-state index contributed by atoms with van der Waals surface area (Å²) in [6, 6.07) is 8.70. The van der Waals surface area contributed by atoms with Crippen molar-refractivity contribution in [2.45, 2.75) is 32.7 Å². The van der Waals surface area contributed by atoms with Gasteiger partial charge in [-0.1, -0.05) is 26.0 Å². The molecule has 1 saturated heterocycles.